The van der Waals surface area contributed by atoms with E-state index in [0.29, 0.717) is 11.3 Å². The van der Waals surface area contributed by atoms with Crippen molar-refractivity contribution in [3.63, 3.8) is 0 Å². The van der Waals surface area contributed by atoms with Gasteiger partial charge >= 0.3 is 5.69 Å². The van der Waals surface area contributed by atoms with Crippen molar-refractivity contribution in [3.05, 3.63) is 88.1 Å². The number of nitrogen functional groups attached to an aromatic ring is 1. The number of aromatic amines is 1. The molecule has 0 radical (unpaired) electrons. The predicted molar refractivity (Wildman–Crippen MR) is 133 cm³/mol. The van der Waals surface area contributed by atoms with Gasteiger partial charge in [-0.2, -0.15) is 0 Å². The van der Waals surface area contributed by atoms with Crippen LogP contribution >= 0.6 is 0 Å². The number of aliphatic hydroxyl groups is 1. The molecule has 0 aliphatic heterocycles. The van der Waals surface area contributed by atoms with Crippen molar-refractivity contribution in [2.75, 3.05) is 19.0 Å². The molecule has 6 N–H and O–H groups in total. The zero-order chi connectivity index (χ0) is 26.5. The van der Waals surface area contributed by atoms with E-state index in [2.05, 4.69) is 25.4 Å². The highest BCUT2D eigenvalue weighted by molar-refractivity contribution is 5.95. The molecule has 0 aliphatic rings. The second kappa shape index (κ2) is 10.9. The standard InChI is InChI=1S/C24H25FN8O4/c1-13(12-34)37-18-11-16(36-2)10-17(19(18)25)20(30-15-6-4-14(5-7-15)21(26)27)22-31-24(35)33(32-22)23-28-8-3-9-29-23/h3-11,13,20,30,34H,12H2,1-2H3,(H3,26,27)(H,31,32,35)/t13-,20?/m0/s1. The van der Waals surface area contributed by atoms with Crippen molar-refractivity contribution in [2.45, 2.75) is 19.1 Å². The van der Waals surface area contributed by atoms with Gasteiger partial charge in [0.2, 0.25) is 0 Å². The topological polar surface area (TPSA) is 177 Å². The van der Waals surface area contributed by atoms with E-state index in [1.807, 2.05) is 0 Å². The number of anilines is 1. The van der Waals surface area contributed by atoms with Crippen LogP contribution in [-0.2, 0) is 0 Å². The Hall–Kier alpha value is -4.78. The van der Waals surface area contributed by atoms with Gasteiger partial charge in [0.15, 0.2) is 17.4 Å². The highest BCUT2D eigenvalue weighted by Crippen LogP contribution is 2.35. The molecule has 0 saturated carbocycles. The van der Waals surface area contributed by atoms with Crippen LogP contribution in [0.5, 0.6) is 11.5 Å². The van der Waals surface area contributed by atoms with Gasteiger partial charge in [0.05, 0.1) is 13.7 Å². The molecule has 0 bridgehead atoms. The minimum atomic E-state index is -1.04. The Bertz CT molecular complexity index is 1440. The molecule has 0 saturated heterocycles. The molecule has 192 valence electrons. The Kier molecular flexibility index (Phi) is 7.44. The van der Waals surface area contributed by atoms with Crippen LogP contribution in [0.1, 0.15) is 29.9 Å². The number of hydrogen-bond acceptors (Lipinski definition) is 9. The molecule has 2 heterocycles. The smallest absolute Gasteiger partial charge is 0.350 e. The normalized spacial score (nSPS) is 12.5. The molecular weight excluding hydrogens is 483 g/mol. The number of ether oxygens (including phenoxy) is 2. The molecule has 0 spiro atoms. The number of nitrogens with zero attached hydrogens (tertiary/aromatic N) is 4. The molecule has 4 rings (SSSR count). The first-order chi connectivity index (χ1) is 17.8. The minimum Gasteiger partial charge on any atom is -0.497 e. The third kappa shape index (κ3) is 5.56. The maximum atomic E-state index is 15.8. The third-order valence-electron chi connectivity index (χ3n) is 5.33. The zero-order valence-electron chi connectivity index (χ0n) is 20.0. The van der Waals surface area contributed by atoms with Gasteiger partial charge in [-0.15, -0.1) is 9.78 Å². The number of amidine groups is 1. The third-order valence-corrected chi connectivity index (χ3v) is 5.33. The lowest BCUT2D eigenvalue weighted by Crippen LogP contribution is -2.20. The second-order valence-corrected chi connectivity index (χ2v) is 7.98. The molecule has 1 unspecified atom stereocenters. The lowest BCUT2D eigenvalue weighted by Gasteiger charge is -2.22. The van der Waals surface area contributed by atoms with E-state index in [4.69, 9.17) is 20.6 Å². The number of aliphatic hydroxyl groups excluding tert-OH is 1. The van der Waals surface area contributed by atoms with Crippen LogP contribution in [0.2, 0.25) is 0 Å². The number of benzene rings is 2. The molecule has 0 aliphatic carbocycles. The van der Waals surface area contributed by atoms with Crippen LogP contribution in [0, 0.1) is 11.2 Å². The fourth-order valence-electron chi connectivity index (χ4n) is 3.47. The number of aromatic nitrogens is 5. The van der Waals surface area contributed by atoms with E-state index in [0.717, 1.165) is 4.68 Å². The summed E-state index contributed by atoms with van der Waals surface area (Å²) < 4.78 is 27.7. The summed E-state index contributed by atoms with van der Waals surface area (Å²) in [6.45, 7) is 1.26. The monoisotopic (exact) mass is 508 g/mol. The van der Waals surface area contributed by atoms with Crippen LogP contribution in [0.4, 0.5) is 10.1 Å². The Balaban J connectivity index is 1.85. The Morgan fingerprint density at radius 3 is 2.59 bits per heavy atom. The maximum Gasteiger partial charge on any atom is 0.350 e. The maximum absolute atomic E-state index is 15.8. The van der Waals surface area contributed by atoms with Crippen molar-refractivity contribution < 1.29 is 19.0 Å². The van der Waals surface area contributed by atoms with Crippen molar-refractivity contribution in [2.24, 2.45) is 5.73 Å². The highest BCUT2D eigenvalue weighted by Gasteiger charge is 2.27. The van der Waals surface area contributed by atoms with E-state index in [-0.39, 0.29) is 41.3 Å². The molecule has 4 aromatic rings. The summed E-state index contributed by atoms with van der Waals surface area (Å²) >= 11 is 0. The van der Waals surface area contributed by atoms with E-state index >= 15 is 4.39 Å². The molecule has 2 aromatic heterocycles. The minimum absolute atomic E-state index is 0.0338. The first-order valence-corrected chi connectivity index (χ1v) is 11.1. The summed E-state index contributed by atoms with van der Waals surface area (Å²) in [5, 5.41) is 24.5. The fourth-order valence-corrected chi connectivity index (χ4v) is 3.47. The number of H-pyrrole nitrogens is 1. The van der Waals surface area contributed by atoms with Crippen LogP contribution in [-0.4, -0.2) is 55.5 Å². The van der Waals surface area contributed by atoms with Gasteiger partial charge in [0.1, 0.15) is 23.7 Å². The summed E-state index contributed by atoms with van der Waals surface area (Å²) in [5.74, 6) is -0.628. The summed E-state index contributed by atoms with van der Waals surface area (Å²) in [6, 6.07) is 9.93. The van der Waals surface area contributed by atoms with Crippen molar-refractivity contribution in [1.82, 2.24) is 24.7 Å². The summed E-state index contributed by atoms with van der Waals surface area (Å²) in [4.78, 5) is 23.5. The van der Waals surface area contributed by atoms with Gasteiger partial charge in [-0.3, -0.25) is 10.4 Å². The molecule has 12 nitrogen and oxygen atoms in total. The lowest BCUT2D eigenvalue weighted by molar-refractivity contribution is 0.125. The lowest BCUT2D eigenvalue weighted by atomic mass is 10.0. The molecular formula is C24H25FN8O4. The summed E-state index contributed by atoms with van der Waals surface area (Å²) in [7, 11) is 1.42. The SMILES string of the molecule is COc1cc(O[C@@H](C)CO)c(F)c(C(Nc2ccc(C(=N)N)cc2)c2nn(-c3ncccn3)c(=O)[nH]2)c1. The van der Waals surface area contributed by atoms with Crippen LogP contribution < -0.4 is 26.2 Å². The average Bonchev–Trinajstić information content (AvgIpc) is 3.30. The molecule has 37 heavy (non-hydrogen) atoms. The Morgan fingerprint density at radius 1 is 1.27 bits per heavy atom. The number of methoxy groups -OCH3 is 1. The highest BCUT2D eigenvalue weighted by atomic mass is 19.1. The van der Waals surface area contributed by atoms with Crippen LogP contribution in [0.15, 0.2) is 59.7 Å². The van der Waals surface area contributed by atoms with Gasteiger partial charge in [0, 0.05) is 35.3 Å². The number of nitrogens with two attached hydrogens (primary N) is 1. The fraction of sp³-hybridized carbons (Fsp3) is 0.208. The van der Waals surface area contributed by atoms with E-state index in [1.165, 1.54) is 31.6 Å². The first kappa shape index (κ1) is 25.3. The Labute approximate surface area is 210 Å². The number of nitrogens with one attached hydrogen (secondary N) is 3. The summed E-state index contributed by atoms with van der Waals surface area (Å²) in [5.41, 5.74) is 5.99. The molecule has 2 aromatic carbocycles. The molecule has 13 heteroatoms. The average molecular weight is 509 g/mol. The largest absolute Gasteiger partial charge is 0.497 e. The zero-order valence-corrected chi connectivity index (χ0v) is 20.0. The number of halogens is 1. The van der Waals surface area contributed by atoms with E-state index in [9.17, 15) is 9.90 Å². The molecule has 0 amide bonds. The number of hydrogen-bond donors (Lipinski definition) is 5. The van der Waals surface area contributed by atoms with Gasteiger partial charge < -0.3 is 25.6 Å². The molecule has 2 atom stereocenters. The first-order valence-electron chi connectivity index (χ1n) is 11.1. The van der Waals surface area contributed by atoms with E-state index in [1.54, 1.807) is 37.3 Å². The summed E-state index contributed by atoms with van der Waals surface area (Å²) in [6.07, 6.45) is 2.24. The van der Waals surface area contributed by atoms with Crippen molar-refractivity contribution >= 4 is 11.5 Å². The van der Waals surface area contributed by atoms with Gasteiger partial charge in [-0.05, 0) is 43.3 Å². The second-order valence-electron chi connectivity index (χ2n) is 7.98. The van der Waals surface area contributed by atoms with Gasteiger partial charge in [-0.1, -0.05) is 0 Å². The van der Waals surface area contributed by atoms with Crippen molar-refractivity contribution in [1.29, 1.82) is 5.41 Å². The number of rotatable bonds is 10. The van der Waals surface area contributed by atoms with Crippen LogP contribution in [0.3, 0.4) is 0 Å². The predicted octanol–water partition coefficient (Wildman–Crippen LogP) is 1.74. The molecule has 0 fully saturated rings. The van der Waals surface area contributed by atoms with Gasteiger partial charge in [0.25, 0.3) is 5.95 Å². The quantitative estimate of drug-likeness (QED) is 0.158. The van der Waals surface area contributed by atoms with Crippen molar-refractivity contribution in [3.8, 4) is 17.4 Å². The van der Waals surface area contributed by atoms with Crippen LogP contribution in [0.25, 0.3) is 5.95 Å². The van der Waals surface area contributed by atoms with Gasteiger partial charge in [-0.25, -0.2) is 19.2 Å². The van der Waals surface area contributed by atoms with E-state index < -0.39 is 23.7 Å². The Morgan fingerprint density at radius 2 is 1.97 bits per heavy atom.